The zero-order chi connectivity index (χ0) is 12.8. The minimum atomic E-state index is -0.264. The topological polar surface area (TPSA) is 68.0 Å². The molecule has 2 aromatic heterocycles. The van der Waals surface area contributed by atoms with E-state index in [1.54, 1.807) is 10.9 Å². The molecule has 0 spiro atoms. The van der Waals surface area contributed by atoms with Crippen molar-refractivity contribution in [2.24, 2.45) is 7.05 Å². The summed E-state index contributed by atoms with van der Waals surface area (Å²) >= 11 is 0.871. The van der Waals surface area contributed by atoms with Crippen LogP contribution in [-0.2, 0) is 11.8 Å². The van der Waals surface area contributed by atoms with Crippen LogP contribution in [0.2, 0.25) is 0 Å². The largest absolute Gasteiger partial charge is 0.483 e. The van der Waals surface area contributed by atoms with E-state index in [1.165, 1.54) is 18.3 Å². The zero-order valence-electron chi connectivity index (χ0n) is 9.46. The van der Waals surface area contributed by atoms with Crippen molar-refractivity contribution in [2.45, 2.75) is 0 Å². The number of nitrogens with zero attached hydrogens (tertiary/aromatic N) is 3. The number of hydrogen-bond acceptors (Lipinski definition) is 3. The second kappa shape index (κ2) is 6.48. The molecule has 84 valence electrons. The summed E-state index contributed by atoms with van der Waals surface area (Å²) in [7, 11) is 1.88. The normalized spacial score (nSPS) is 9.41. The van der Waals surface area contributed by atoms with Gasteiger partial charge in [-0.3, -0.25) is 4.79 Å². The Balaban J connectivity index is 0.000000437. The van der Waals surface area contributed by atoms with Gasteiger partial charge in [0.05, 0.1) is 0 Å². The number of hydrogen-bond donors (Lipinski definition) is 1. The first-order valence-electron chi connectivity index (χ1n) is 4.78. The smallest absolute Gasteiger partial charge is 0.290 e. The van der Waals surface area contributed by atoms with Gasteiger partial charge in [-0.15, -0.1) is 0 Å². The molecule has 2 aromatic rings. The van der Waals surface area contributed by atoms with Crippen molar-refractivity contribution in [3.05, 3.63) is 30.3 Å². The van der Waals surface area contributed by atoms with Gasteiger partial charge in [0.1, 0.15) is 0 Å². The van der Waals surface area contributed by atoms with E-state index in [9.17, 15) is 4.39 Å². The maximum Gasteiger partial charge on any atom is 0.290 e. The summed E-state index contributed by atoms with van der Waals surface area (Å²) in [6.45, 7) is -0.250. The van der Waals surface area contributed by atoms with Gasteiger partial charge < -0.3 is 5.11 Å². The van der Waals surface area contributed by atoms with Gasteiger partial charge in [-0.1, -0.05) is 0 Å². The summed E-state index contributed by atoms with van der Waals surface area (Å²) in [5.74, 6) is -0.264. The molecule has 0 aliphatic carbocycles. The van der Waals surface area contributed by atoms with E-state index in [0.717, 1.165) is 36.4 Å². The van der Waals surface area contributed by atoms with E-state index in [4.69, 9.17) is 9.90 Å². The number of rotatable bonds is 1. The molecule has 0 bridgehead atoms. The first-order chi connectivity index (χ1) is 8.10. The molecule has 5 nitrogen and oxygen atoms in total. The fourth-order valence-electron chi connectivity index (χ4n) is 1.30. The van der Waals surface area contributed by atoms with Crippen molar-refractivity contribution in [3.8, 4) is 11.3 Å². The van der Waals surface area contributed by atoms with Gasteiger partial charge in [-0.05, 0) is 0 Å². The van der Waals surface area contributed by atoms with Gasteiger partial charge in [0, 0.05) is 0 Å². The number of halogens is 1. The van der Waals surface area contributed by atoms with Crippen molar-refractivity contribution in [1.82, 2.24) is 14.8 Å². The minimum absolute atomic E-state index is 0.250. The van der Waals surface area contributed by atoms with Crippen LogP contribution in [0.25, 0.3) is 11.3 Å². The molecular weight excluding hydrogens is 236 g/mol. The summed E-state index contributed by atoms with van der Waals surface area (Å²) in [4.78, 5) is 12.5. The standard InChI is InChI=1S/C9H7FN3.CH2O2.Na/c1-13-6-7(5-12-13)9-4-8(10)2-3-11-9;2-1-3;/h2-5H,1H3;1H,(H,2,3);. The minimum Gasteiger partial charge on any atom is -0.483 e. The van der Waals surface area contributed by atoms with E-state index < -0.39 is 0 Å². The fraction of sp³-hybridized carbons (Fsp3) is 0.100. The Bertz CT molecular complexity index is 516. The third kappa shape index (κ3) is 3.62. The molecular formula is C10H9FN3NaO2. The Morgan fingerprint density at radius 3 is 2.71 bits per heavy atom. The van der Waals surface area contributed by atoms with E-state index >= 15 is 0 Å². The molecule has 0 aliphatic heterocycles. The quantitative estimate of drug-likeness (QED) is 0.572. The van der Waals surface area contributed by atoms with Gasteiger partial charge in [-0.25, -0.2) is 0 Å². The molecule has 0 aliphatic rings. The van der Waals surface area contributed by atoms with Gasteiger partial charge in [-0.2, -0.15) is 0 Å². The molecule has 0 unspecified atom stereocenters. The molecule has 2 heterocycles. The van der Waals surface area contributed by atoms with Gasteiger partial charge in [0.25, 0.3) is 6.47 Å². The van der Waals surface area contributed by atoms with E-state index in [-0.39, 0.29) is 12.3 Å². The third-order valence-electron chi connectivity index (χ3n) is 2.23. The monoisotopic (exact) mass is 245 g/mol. The van der Waals surface area contributed by atoms with Crippen LogP contribution in [0, 0.1) is 5.82 Å². The van der Waals surface area contributed by atoms with Crippen LogP contribution in [0.4, 0.5) is 4.39 Å². The average molecular weight is 245 g/mol. The summed E-state index contributed by atoms with van der Waals surface area (Å²) in [5, 5.41) is 11.0. The number of carbonyl (C=O) groups is 1. The first kappa shape index (κ1) is 13.8. The Labute approximate surface area is 115 Å². The van der Waals surface area contributed by atoms with Crippen LogP contribution in [-0.4, -0.2) is 54.3 Å². The van der Waals surface area contributed by atoms with E-state index in [2.05, 4.69) is 10.1 Å². The zero-order valence-corrected chi connectivity index (χ0v) is 11.5. The Kier molecular flexibility index (Phi) is 5.27. The van der Waals surface area contributed by atoms with Crippen LogP contribution in [0.3, 0.4) is 0 Å². The molecule has 7 heteroatoms. The van der Waals surface area contributed by atoms with Crippen LogP contribution < -0.4 is 2.94 Å². The van der Waals surface area contributed by atoms with Crippen LogP contribution >= 0.6 is 0 Å². The molecule has 1 N–H and O–H groups in total. The third-order valence-corrected chi connectivity index (χ3v) is 3.42. The number of carboxylic acid groups (broad SMARTS) is 1. The molecule has 0 atom stereocenters. The maximum atomic E-state index is 12.9. The first-order valence-corrected chi connectivity index (χ1v) is 5.78. The molecule has 0 fully saturated rings. The van der Waals surface area contributed by atoms with Gasteiger partial charge >= 0.3 is 98.7 Å². The van der Waals surface area contributed by atoms with E-state index in [0.29, 0.717) is 5.69 Å². The molecule has 0 radical (unpaired) electrons. The molecule has 0 aromatic carbocycles. The molecule has 0 saturated heterocycles. The Morgan fingerprint density at radius 2 is 2.24 bits per heavy atom. The average Bonchev–Trinajstić information content (AvgIpc) is 2.61. The maximum absolute atomic E-state index is 12.9. The Hall–Kier alpha value is -1.24. The second-order valence-electron chi connectivity index (χ2n) is 3.23. The number of aryl methyl sites for hydroxylation is 1. The van der Waals surface area contributed by atoms with E-state index in [1.807, 2.05) is 7.05 Å². The summed E-state index contributed by atoms with van der Waals surface area (Å²) in [5.41, 5.74) is 1.58. The molecule has 2 rings (SSSR count). The predicted molar refractivity (Wildman–Crippen MR) is 60.5 cm³/mol. The molecule has 0 saturated carbocycles. The second-order valence-corrected chi connectivity index (χ2v) is 4.18. The summed E-state index contributed by atoms with van der Waals surface area (Å²) in [6.07, 6.45) is 3.20. The summed E-state index contributed by atoms with van der Waals surface area (Å²) in [6, 6.07) is 2.77. The van der Waals surface area contributed by atoms with Gasteiger partial charge in [0.15, 0.2) is 0 Å². The van der Waals surface area contributed by atoms with Crippen molar-refractivity contribution in [2.75, 3.05) is 0 Å². The number of aromatic nitrogens is 3. The van der Waals surface area contributed by atoms with Crippen molar-refractivity contribution < 1.29 is 14.3 Å². The molecule has 0 amide bonds. The van der Waals surface area contributed by atoms with Crippen LogP contribution in [0.15, 0.2) is 24.5 Å². The SMILES string of the molecule is Cn1ncc(-c2cc(F)ccn2)[c]1[Na].O=CO. The number of pyridine rings is 1. The van der Waals surface area contributed by atoms with Crippen LogP contribution in [0.1, 0.15) is 0 Å². The van der Waals surface area contributed by atoms with Crippen molar-refractivity contribution in [1.29, 1.82) is 0 Å². The van der Waals surface area contributed by atoms with Gasteiger partial charge in [0.2, 0.25) is 0 Å². The Morgan fingerprint density at radius 1 is 1.59 bits per heavy atom. The fourth-order valence-corrected chi connectivity index (χ4v) is 1.80. The van der Waals surface area contributed by atoms with Crippen molar-refractivity contribution in [3.63, 3.8) is 0 Å². The van der Waals surface area contributed by atoms with Crippen LogP contribution in [0.5, 0.6) is 0 Å². The summed E-state index contributed by atoms with van der Waals surface area (Å²) < 4.78 is 15.8. The molecule has 17 heavy (non-hydrogen) atoms. The van der Waals surface area contributed by atoms with Crippen molar-refractivity contribution >= 4 is 37.3 Å². The predicted octanol–water partition coefficient (Wildman–Crippen LogP) is 0.116.